The van der Waals surface area contributed by atoms with Crippen LogP contribution < -0.4 is 0 Å². The molecule has 0 radical (unpaired) electrons. The first-order chi connectivity index (χ1) is 6.70. The Hall–Kier alpha value is -0.933. The van der Waals surface area contributed by atoms with Crippen molar-refractivity contribution in [2.75, 3.05) is 6.61 Å². The molecule has 3 heteroatoms. The average Bonchev–Trinajstić information content (AvgIpc) is 2.19. The van der Waals surface area contributed by atoms with Crippen LogP contribution in [0.1, 0.15) is 12.5 Å². The van der Waals surface area contributed by atoms with Gasteiger partial charge < -0.3 is 9.22 Å². The van der Waals surface area contributed by atoms with Gasteiger partial charge in [-0.3, -0.25) is 0 Å². The summed E-state index contributed by atoms with van der Waals surface area (Å²) in [5, 5.41) is 0.220. The summed E-state index contributed by atoms with van der Waals surface area (Å²) in [6, 6.07) is 10.2. The van der Waals surface area contributed by atoms with Crippen molar-refractivity contribution in [3.05, 3.63) is 35.9 Å². The van der Waals surface area contributed by atoms with E-state index in [1.807, 2.05) is 24.7 Å². The molecule has 0 aliphatic rings. The van der Waals surface area contributed by atoms with E-state index in [9.17, 15) is 4.79 Å². The predicted molar refractivity (Wildman–Crippen MR) is 59.8 cm³/mol. The third kappa shape index (κ3) is 3.85. The molecule has 0 aromatic heterocycles. The van der Waals surface area contributed by atoms with Crippen molar-refractivity contribution >= 4 is 14.4 Å². The minimum absolute atomic E-state index is 0.220. The lowest BCUT2D eigenvalue weighted by Crippen LogP contribution is -2.24. The van der Waals surface area contributed by atoms with Gasteiger partial charge in [-0.15, -0.1) is 0 Å². The Bertz CT molecular complexity index is 285. The fourth-order valence-corrected chi connectivity index (χ4v) is 1.82. The molecule has 0 fully saturated rings. The number of rotatable bonds is 5. The van der Waals surface area contributed by atoms with Crippen molar-refractivity contribution in [3.63, 3.8) is 0 Å². The van der Waals surface area contributed by atoms with E-state index in [1.165, 1.54) is 5.56 Å². The normalized spacial score (nSPS) is 12.4. The number of hydrogen-bond acceptors (Lipinski definition) is 2. The molecule has 1 rings (SSSR count). The maximum atomic E-state index is 10.9. The summed E-state index contributed by atoms with van der Waals surface area (Å²) in [6.07, 6.45) is 0.894. The van der Waals surface area contributed by atoms with Crippen LogP contribution in [0.2, 0.25) is 6.55 Å². The second-order valence-corrected chi connectivity index (χ2v) is 5.79. The van der Waals surface area contributed by atoms with Gasteiger partial charge in [0, 0.05) is 6.61 Å². The van der Waals surface area contributed by atoms with E-state index in [0.717, 1.165) is 6.42 Å². The second kappa shape index (κ2) is 5.73. The standard InChI is InChI=1S/C11H16O2Si/c1-10(12)14(2)13-9-8-11-6-4-3-5-7-11/h3-7,14H,8-9H2,1-2H3. The van der Waals surface area contributed by atoms with E-state index < -0.39 is 9.04 Å². The summed E-state index contributed by atoms with van der Waals surface area (Å²) in [5.74, 6) is 0. The highest BCUT2D eigenvalue weighted by molar-refractivity contribution is 6.84. The summed E-state index contributed by atoms with van der Waals surface area (Å²) in [5.41, 5.74) is 1.26. The summed E-state index contributed by atoms with van der Waals surface area (Å²) < 4.78 is 5.50. The van der Waals surface area contributed by atoms with Gasteiger partial charge in [0.2, 0.25) is 9.04 Å². The lowest BCUT2D eigenvalue weighted by molar-refractivity contribution is -0.111. The molecule has 1 aromatic carbocycles. The van der Waals surface area contributed by atoms with Crippen LogP contribution in [-0.4, -0.2) is 21.1 Å². The van der Waals surface area contributed by atoms with Gasteiger partial charge in [0.05, 0.1) is 0 Å². The molecule has 0 N–H and O–H groups in total. The topological polar surface area (TPSA) is 26.3 Å². The van der Waals surface area contributed by atoms with Gasteiger partial charge >= 0.3 is 0 Å². The Balaban J connectivity index is 2.26. The van der Waals surface area contributed by atoms with E-state index in [4.69, 9.17) is 4.43 Å². The van der Waals surface area contributed by atoms with Gasteiger partial charge in [-0.1, -0.05) is 30.3 Å². The van der Waals surface area contributed by atoms with Crippen LogP contribution >= 0.6 is 0 Å². The molecule has 0 aliphatic carbocycles. The molecule has 0 heterocycles. The maximum Gasteiger partial charge on any atom is 0.246 e. The van der Waals surface area contributed by atoms with Crippen molar-refractivity contribution < 1.29 is 9.22 Å². The quantitative estimate of drug-likeness (QED) is 0.689. The molecule has 1 unspecified atom stereocenters. The predicted octanol–water partition coefficient (Wildman–Crippen LogP) is 1.73. The summed E-state index contributed by atoms with van der Waals surface area (Å²) in [7, 11) is -1.56. The summed E-state index contributed by atoms with van der Waals surface area (Å²) >= 11 is 0. The van der Waals surface area contributed by atoms with E-state index in [2.05, 4.69) is 12.1 Å². The van der Waals surface area contributed by atoms with Gasteiger partial charge in [-0.2, -0.15) is 0 Å². The average molecular weight is 208 g/mol. The van der Waals surface area contributed by atoms with Crippen LogP contribution in [0.3, 0.4) is 0 Å². The Morgan fingerprint density at radius 1 is 1.36 bits per heavy atom. The van der Waals surface area contributed by atoms with Gasteiger partial charge in [-0.25, -0.2) is 0 Å². The SMILES string of the molecule is CC(=O)[SiH](C)OCCc1ccccc1. The van der Waals surface area contributed by atoms with Gasteiger partial charge in [-0.05, 0) is 25.5 Å². The third-order valence-corrected chi connectivity index (χ3v) is 4.05. The Kier molecular flexibility index (Phi) is 4.56. The fraction of sp³-hybridized carbons (Fsp3) is 0.364. The molecule has 1 atom stereocenters. The smallest absolute Gasteiger partial charge is 0.246 e. The Morgan fingerprint density at radius 3 is 2.57 bits per heavy atom. The van der Waals surface area contributed by atoms with Crippen molar-refractivity contribution in [2.24, 2.45) is 0 Å². The minimum Gasteiger partial charge on any atom is -0.412 e. The molecular weight excluding hydrogens is 192 g/mol. The fourth-order valence-electron chi connectivity index (χ4n) is 1.12. The molecule has 0 saturated carbocycles. The van der Waals surface area contributed by atoms with Crippen molar-refractivity contribution in [1.29, 1.82) is 0 Å². The third-order valence-electron chi connectivity index (χ3n) is 2.17. The summed E-state index contributed by atoms with van der Waals surface area (Å²) in [4.78, 5) is 10.9. The van der Waals surface area contributed by atoms with E-state index in [1.54, 1.807) is 6.92 Å². The zero-order valence-corrected chi connectivity index (χ0v) is 9.85. The van der Waals surface area contributed by atoms with Crippen molar-refractivity contribution in [3.8, 4) is 0 Å². The zero-order valence-electron chi connectivity index (χ0n) is 8.69. The molecule has 0 amide bonds. The Labute approximate surface area is 86.6 Å². The number of benzene rings is 1. The second-order valence-electron chi connectivity index (χ2n) is 3.36. The molecule has 1 aromatic rings. The van der Waals surface area contributed by atoms with Crippen LogP contribution in [0.25, 0.3) is 0 Å². The molecule has 14 heavy (non-hydrogen) atoms. The lowest BCUT2D eigenvalue weighted by atomic mass is 10.2. The van der Waals surface area contributed by atoms with E-state index >= 15 is 0 Å². The van der Waals surface area contributed by atoms with E-state index in [-0.39, 0.29) is 5.41 Å². The van der Waals surface area contributed by atoms with Gasteiger partial charge in [0.15, 0.2) is 0 Å². The number of carbonyl (C=O) groups excluding carboxylic acids is 1. The highest BCUT2D eigenvalue weighted by Crippen LogP contribution is 2.00. The molecule has 2 nitrogen and oxygen atoms in total. The first-order valence-electron chi connectivity index (χ1n) is 4.86. The van der Waals surface area contributed by atoms with E-state index in [0.29, 0.717) is 6.61 Å². The minimum atomic E-state index is -1.56. The molecular formula is C11H16O2Si. The molecule has 0 aliphatic heterocycles. The van der Waals surface area contributed by atoms with Crippen LogP contribution in [0.5, 0.6) is 0 Å². The highest BCUT2D eigenvalue weighted by atomic mass is 28.3. The largest absolute Gasteiger partial charge is 0.412 e. The molecule has 0 saturated heterocycles. The number of hydrogen-bond donors (Lipinski definition) is 0. The van der Waals surface area contributed by atoms with Crippen LogP contribution in [0, 0.1) is 0 Å². The first-order valence-corrected chi connectivity index (χ1v) is 7.06. The van der Waals surface area contributed by atoms with Crippen LogP contribution in [0.4, 0.5) is 0 Å². The highest BCUT2D eigenvalue weighted by Gasteiger charge is 2.09. The van der Waals surface area contributed by atoms with Crippen molar-refractivity contribution in [1.82, 2.24) is 0 Å². The van der Waals surface area contributed by atoms with Crippen molar-refractivity contribution in [2.45, 2.75) is 19.9 Å². The lowest BCUT2D eigenvalue weighted by Gasteiger charge is -2.07. The maximum absolute atomic E-state index is 10.9. The zero-order chi connectivity index (χ0) is 10.4. The van der Waals surface area contributed by atoms with Gasteiger partial charge in [0.25, 0.3) is 0 Å². The molecule has 76 valence electrons. The Morgan fingerprint density at radius 2 is 2.00 bits per heavy atom. The number of carbonyl (C=O) groups is 1. The monoisotopic (exact) mass is 208 g/mol. The van der Waals surface area contributed by atoms with Gasteiger partial charge in [0.1, 0.15) is 5.41 Å². The summed E-state index contributed by atoms with van der Waals surface area (Å²) in [6.45, 7) is 4.20. The first kappa shape index (κ1) is 11.1. The molecule has 0 bridgehead atoms. The molecule has 0 spiro atoms. The van der Waals surface area contributed by atoms with Crippen LogP contribution in [0.15, 0.2) is 30.3 Å². The van der Waals surface area contributed by atoms with Crippen LogP contribution in [-0.2, 0) is 15.6 Å².